The largest absolute Gasteiger partial charge is 0.383 e. The molecule has 2 aliphatic heterocycles. The Labute approximate surface area is 154 Å². The summed E-state index contributed by atoms with van der Waals surface area (Å²) in [5.74, 6) is 1.04. The Bertz CT molecular complexity index is 651. The maximum Gasteiger partial charge on any atom is 0.239 e. The Hall–Kier alpha value is -2.15. The smallest absolute Gasteiger partial charge is 0.239 e. The first-order chi connectivity index (χ1) is 12.6. The highest BCUT2D eigenvalue weighted by atomic mass is 16.2. The number of pyridine rings is 1. The predicted molar refractivity (Wildman–Crippen MR) is 100 cm³/mol. The van der Waals surface area contributed by atoms with Crippen LogP contribution in [0, 0.1) is 5.92 Å². The summed E-state index contributed by atoms with van der Waals surface area (Å²) in [7, 11) is 0. The van der Waals surface area contributed by atoms with Crippen LogP contribution in [0.15, 0.2) is 18.3 Å². The monoisotopic (exact) mass is 359 g/mol. The zero-order chi connectivity index (χ0) is 18.5. The number of hydrogen-bond acceptors (Lipinski definition) is 5. The number of nitrogens with zero attached hydrogens (tertiary/aromatic N) is 3. The van der Waals surface area contributed by atoms with Crippen LogP contribution in [0.2, 0.25) is 0 Å². The maximum atomic E-state index is 12.4. The molecule has 2 aliphatic rings. The zero-order valence-electron chi connectivity index (χ0n) is 15.5. The number of nitrogen functional groups attached to an aromatic ring is 1. The molecule has 0 aromatic carbocycles. The molecule has 3 N–H and O–H groups in total. The van der Waals surface area contributed by atoms with Crippen LogP contribution in [0.5, 0.6) is 0 Å². The van der Waals surface area contributed by atoms with E-state index in [1.54, 1.807) is 11.1 Å². The molecule has 2 saturated heterocycles. The average molecular weight is 359 g/mol. The van der Waals surface area contributed by atoms with Crippen LogP contribution >= 0.6 is 0 Å². The third-order valence-corrected chi connectivity index (χ3v) is 5.35. The average Bonchev–Trinajstić information content (AvgIpc) is 3.17. The highest BCUT2D eigenvalue weighted by Crippen LogP contribution is 2.24. The Balaban J connectivity index is 1.57. The number of carbonyl (C=O) groups excluding carboxylic acids is 2. The first-order valence-corrected chi connectivity index (χ1v) is 9.55. The highest BCUT2D eigenvalue weighted by molar-refractivity contribution is 5.86. The minimum atomic E-state index is -0.0471. The van der Waals surface area contributed by atoms with E-state index in [9.17, 15) is 9.59 Å². The fourth-order valence-electron chi connectivity index (χ4n) is 4.04. The molecule has 0 aliphatic carbocycles. The second-order valence-electron chi connectivity index (χ2n) is 7.38. The number of anilines is 1. The van der Waals surface area contributed by atoms with Gasteiger partial charge in [-0.15, -0.1) is 0 Å². The minimum Gasteiger partial charge on any atom is -0.383 e. The second-order valence-corrected chi connectivity index (χ2v) is 7.38. The van der Waals surface area contributed by atoms with E-state index in [0.29, 0.717) is 24.7 Å². The van der Waals surface area contributed by atoms with Gasteiger partial charge in [0, 0.05) is 50.4 Å². The number of likely N-dealkylation sites (tertiary alicyclic amines) is 2. The Kier molecular flexibility index (Phi) is 6.08. The van der Waals surface area contributed by atoms with Gasteiger partial charge in [-0.25, -0.2) is 4.98 Å². The summed E-state index contributed by atoms with van der Waals surface area (Å²) in [6.07, 6.45) is 5.28. The lowest BCUT2D eigenvalue weighted by Crippen LogP contribution is -2.45. The van der Waals surface area contributed by atoms with Crippen LogP contribution in [-0.4, -0.2) is 58.8 Å². The number of amides is 2. The van der Waals surface area contributed by atoms with Gasteiger partial charge in [0.25, 0.3) is 0 Å². The van der Waals surface area contributed by atoms with Crippen molar-refractivity contribution >= 4 is 17.6 Å². The lowest BCUT2D eigenvalue weighted by molar-refractivity contribution is -0.133. The molecule has 7 nitrogen and oxygen atoms in total. The molecule has 2 atom stereocenters. The molecule has 2 amide bonds. The lowest BCUT2D eigenvalue weighted by atomic mass is 9.98. The van der Waals surface area contributed by atoms with Crippen LogP contribution in [0.1, 0.15) is 38.2 Å². The molecule has 0 spiro atoms. The van der Waals surface area contributed by atoms with Gasteiger partial charge in [0.05, 0.1) is 6.54 Å². The number of nitrogens with two attached hydrogens (primary N) is 1. The molecule has 142 valence electrons. The van der Waals surface area contributed by atoms with Crippen molar-refractivity contribution in [2.75, 3.05) is 31.9 Å². The first kappa shape index (κ1) is 18.6. The van der Waals surface area contributed by atoms with Crippen molar-refractivity contribution in [3.05, 3.63) is 23.9 Å². The molecule has 3 rings (SSSR count). The molecule has 2 fully saturated rings. The summed E-state index contributed by atoms with van der Waals surface area (Å²) >= 11 is 0. The fourth-order valence-corrected chi connectivity index (χ4v) is 4.04. The van der Waals surface area contributed by atoms with Crippen molar-refractivity contribution in [3.8, 4) is 0 Å². The molecule has 0 unspecified atom stereocenters. The van der Waals surface area contributed by atoms with Crippen LogP contribution in [0.4, 0.5) is 5.82 Å². The van der Waals surface area contributed by atoms with Gasteiger partial charge in [0.15, 0.2) is 0 Å². The summed E-state index contributed by atoms with van der Waals surface area (Å²) in [4.78, 5) is 32.3. The van der Waals surface area contributed by atoms with E-state index in [2.05, 4.69) is 22.1 Å². The Morgan fingerprint density at radius 1 is 1.42 bits per heavy atom. The summed E-state index contributed by atoms with van der Waals surface area (Å²) in [6.45, 7) is 5.54. The van der Waals surface area contributed by atoms with E-state index >= 15 is 0 Å². The topological polar surface area (TPSA) is 91.6 Å². The zero-order valence-corrected chi connectivity index (χ0v) is 15.5. The molecule has 1 aromatic rings. The van der Waals surface area contributed by atoms with Gasteiger partial charge < -0.3 is 16.0 Å². The van der Waals surface area contributed by atoms with E-state index < -0.39 is 0 Å². The molecule has 0 bridgehead atoms. The lowest BCUT2D eigenvalue weighted by Gasteiger charge is -2.22. The van der Waals surface area contributed by atoms with Gasteiger partial charge in [-0.3, -0.25) is 14.5 Å². The van der Waals surface area contributed by atoms with Gasteiger partial charge >= 0.3 is 0 Å². The maximum absolute atomic E-state index is 12.4. The normalized spacial score (nSPS) is 23.6. The Morgan fingerprint density at radius 2 is 2.27 bits per heavy atom. The molecule has 7 heteroatoms. The van der Waals surface area contributed by atoms with E-state index in [-0.39, 0.29) is 24.4 Å². The van der Waals surface area contributed by atoms with E-state index in [1.807, 2.05) is 12.1 Å². The molecule has 1 aromatic heterocycles. The van der Waals surface area contributed by atoms with Crippen molar-refractivity contribution < 1.29 is 9.59 Å². The van der Waals surface area contributed by atoms with Gasteiger partial charge in [-0.1, -0.05) is 19.4 Å². The third kappa shape index (κ3) is 4.52. The summed E-state index contributed by atoms with van der Waals surface area (Å²) < 4.78 is 0. The number of rotatable bonds is 7. The van der Waals surface area contributed by atoms with Crippen LogP contribution in [0.25, 0.3) is 0 Å². The molecular formula is C19H29N5O2. The summed E-state index contributed by atoms with van der Waals surface area (Å²) in [6, 6.07) is 4.03. The number of aromatic nitrogens is 1. The van der Waals surface area contributed by atoms with E-state index in [0.717, 1.165) is 44.5 Å². The van der Waals surface area contributed by atoms with Crippen LogP contribution in [0.3, 0.4) is 0 Å². The predicted octanol–water partition coefficient (Wildman–Crippen LogP) is 1.00. The molecular weight excluding hydrogens is 330 g/mol. The van der Waals surface area contributed by atoms with Crippen molar-refractivity contribution in [3.63, 3.8) is 0 Å². The van der Waals surface area contributed by atoms with Crippen LogP contribution in [-0.2, 0) is 16.1 Å². The van der Waals surface area contributed by atoms with E-state index in [4.69, 9.17) is 5.73 Å². The van der Waals surface area contributed by atoms with Gasteiger partial charge in [-0.2, -0.15) is 0 Å². The van der Waals surface area contributed by atoms with Crippen molar-refractivity contribution in [1.29, 1.82) is 0 Å². The van der Waals surface area contributed by atoms with Crippen molar-refractivity contribution in [2.45, 2.75) is 45.2 Å². The van der Waals surface area contributed by atoms with E-state index in [1.165, 1.54) is 0 Å². The fraction of sp³-hybridized carbons (Fsp3) is 0.632. The third-order valence-electron chi connectivity index (χ3n) is 5.35. The quantitative estimate of drug-likeness (QED) is 0.758. The standard InChI is InChI=1S/C19H29N5O2/c1-2-5-14-10-23(11-15-6-3-8-21-19(15)20)12-16(14)22-17(25)13-24-9-4-7-18(24)26/h3,6,8,14,16H,2,4-5,7,9-13H2,1H3,(H2,20,21)(H,22,25)/t14-,16-/m0/s1. The number of hydrogen-bond donors (Lipinski definition) is 2. The van der Waals surface area contributed by atoms with Gasteiger partial charge in [-0.05, 0) is 24.8 Å². The van der Waals surface area contributed by atoms with Gasteiger partial charge in [0.2, 0.25) is 11.8 Å². The first-order valence-electron chi connectivity index (χ1n) is 9.55. The number of nitrogens with one attached hydrogen (secondary N) is 1. The van der Waals surface area contributed by atoms with Crippen molar-refractivity contribution in [2.24, 2.45) is 5.92 Å². The highest BCUT2D eigenvalue weighted by Gasteiger charge is 2.34. The molecule has 26 heavy (non-hydrogen) atoms. The van der Waals surface area contributed by atoms with Gasteiger partial charge in [0.1, 0.15) is 5.82 Å². The summed E-state index contributed by atoms with van der Waals surface area (Å²) in [5.41, 5.74) is 6.99. The summed E-state index contributed by atoms with van der Waals surface area (Å²) in [5, 5.41) is 3.17. The number of carbonyl (C=O) groups is 2. The minimum absolute atomic E-state index is 0.0471. The van der Waals surface area contributed by atoms with Crippen LogP contribution < -0.4 is 11.1 Å². The SMILES string of the molecule is CCC[C@H]1CN(Cc2cccnc2N)C[C@@H]1NC(=O)CN1CCCC1=O. The molecule has 3 heterocycles. The second kappa shape index (κ2) is 8.49. The Morgan fingerprint density at radius 3 is 2.96 bits per heavy atom. The molecule has 0 saturated carbocycles. The molecule has 0 radical (unpaired) electrons. The van der Waals surface area contributed by atoms with Crippen molar-refractivity contribution in [1.82, 2.24) is 20.1 Å².